The lowest BCUT2D eigenvalue weighted by molar-refractivity contribution is -0.117. The van der Waals surface area contributed by atoms with E-state index in [2.05, 4.69) is 21.9 Å². The fourth-order valence-electron chi connectivity index (χ4n) is 0.830. The van der Waals surface area contributed by atoms with Crippen molar-refractivity contribution in [1.82, 2.24) is 9.97 Å². The van der Waals surface area contributed by atoms with Crippen molar-refractivity contribution in [3.8, 4) is 0 Å². The van der Waals surface area contributed by atoms with Gasteiger partial charge in [0.15, 0.2) is 0 Å². The largest absolute Gasteiger partial charge is 0.331 e. The Hall–Kier alpha value is -1.62. The molecule has 1 aromatic heterocycles. The van der Waals surface area contributed by atoms with E-state index >= 15 is 0 Å². The highest BCUT2D eigenvalue weighted by atomic mass is 16.2. The summed E-state index contributed by atoms with van der Waals surface area (Å²) in [6, 6.07) is -0.567. The van der Waals surface area contributed by atoms with E-state index in [0.29, 0.717) is 12.4 Å². The second-order valence-corrected chi connectivity index (χ2v) is 2.56. The van der Waals surface area contributed by atoms with Gasteiger partial charge < -0.3 is 10.7 Å². The number of aromatic nitrogens is 2. The fourth-order valence-corrected chi connectivity index (χ4v) is 0.830. The van der Waals surface area contributed by atoms with E-state index in [1.165, 1.54) is 0 Å². The maximum absolute atomic E-state index is 11.3. The number of imidazole rings is 1. The van der Waals surface area contributed by atoms with Crippen molar-refractivity contribution in [1.29, 1.82) is 0 Å². The first-order valence-electron chi connectivity index (χ1n) is 3.90. The molecule has 70 valence electrons. The van der Waals surface area contributed by atoms with Gasteiger partial charge in [-0.05, 0) is 6.42 Å². The molecular weight excluding hydrogens is 168 g/mol. The number of amides is 1. The lowest BCUT2D eigenvalue weighted by Crippen LogP contribution is -2.35. The normalized spacial score (nSPS) is 12.1. The third-order valence-electron chi connectivity index (χ3n) is 1.50. The van der Waals surface area contributed by atoms with Crippen LogP contribution in [-0.4, -0.2) is 21.9 Å². The monoisotopic (exact) mass is 180 g/mol. The summed E-state index contributed by atoms with van der Waals surface area (Å²) in [5.41, 5.74) is 5.52. The van der Waals surface area contributed by atoms with Crippen molar-refractivity contribution in [2.45, 2.75) is 12.5 Å². The Morgan fingerprint density at radius 2 is 2.69 bits per heavy atom. The zero-order valence-corrected chi connectivity index (χ0v) is 7.16. The Labute approximate surface area is 76.0 Å². The molecule has 0 saturated heterocycles. The van der Waals surface area contributed by atoms with Crippen molar-refractivity contribution in [3.05, 3.63) is 25.0 Å². The van der Waals surface area contributed by atoms with Gasteiger partial charge in [0.05, 0.1) is 6.04 Å². The first-order chi connectivity index (χ1) is 6.24. The van der Waals surface area contributed by atoms with E-state index in [-0.39, 0.29) is 5.91 Å². The second kappa shape index (κ2) is 4.42. The number of H-pyrrole nitrogens is 1. The minimum atomic E-state index is -0.567. The van der Waals surface area contributed by atoms with E-state index in [9.17, 15) is 4.79 Å². The van der Waals surface area contributed by atoms with Crippen LogP contribution in [0.4, 0.5) is 5.95 Å². The first-order valence-corrected chi connectivity index (χ1v) is 3.90. The SMILES string of the molecule is C=CCC(N)C(=O)Nc1ncc[nH]1. The average molecular weight is 180 g/mol. The first kappa shape index (κ1) is 9.47. The molecule has 5 nitrogen and oxygen atoms in total. The summed E-state index contributed by atoms with van der Waals surface area (Å²) in [6.45, 7) is 3.50. The highest BCUT2D eigenvalue weighted by molar-refractivity contribution is 5.93. The van der Waals surface area contributed by atoms with Crippen LogP contribution in [0.5, 0.6) is 0 Å². The molecule has 0 bridgehead atoms. The van der Waals surface area contributed by atoms with Crippen LogP contribution in [0.15, 0.2) is 25.0 Å². The summed E-state index contributed by atoms with van der Waals surface area (Å²) < 4.78 is 0. The molecule has 1 amide bonds. The van der Waals surface area contributed by atoms with Gasteiger partial charge in [0.2, 0.25) is 11.9 Å². The van der Waals surface area contributed by atoms with Gasteiger partial charge in [-0.15, -0.1) is 6.58 Å². The molecule has 13 heavy (non-hydrogen) atoms. The van der Waals surface area contributed by atoms with Crippen molar-refractivity contribution in [2.75, 3.05) is 5.32 Å². The van der Waals surface area contributed by atoms with Gasteiger partial charge in [0.1, 0.15) is 0 Å². The number of nitrogens with two attached hydrogens (primary N) is 1. The number of carbonyl (C=O) groups is 1. The summed E-state index contributed by atoms with van der Waals surface area (Å²) in [4.78, 5) is 17.8. The van der Waals surface area contributed by atoms with Crippen LogP contribution in [0.3, 0.4) is 0 Å². The topological polar surface area (TPSA) is 83.8 Å². The molecule has 1 aromatic rings. The Bertz CT molecular complexity index is 280. The molecule has 1 atom stereocenters. The Morgan fingerprint density at radius 1 is 1.92 bits per heavy atom. The molecule has 0 radical (unpaired) electrons. The molecule has 0 aliphatic carbocycles. The van der Waals surface area contributed by atoms with Crippen LogP contribution in [0.1, 0.15) is 6.42 Å². The highest BCUT2D eigenvalue weighted by Gasteiger charge is 2.11. The van der Waals surface area contributed by atoms with Gasteiger partial charge in [-0.3, -0.25) is 10.1 Å². The summed E-state index contributed by atoms with van der Waals surface area (Å²) in [6.07, 6.45) is 5.22. The number of aromatic amines is 1. The molecule has 5 heteroatoms. The summed E-state index contributed by atoms with van der Waals surface area (Å²) in [5, 5.41) is 2.53. The average Bonchev–Trinajstić information content (AvgIpc) is 2.57. The molecule has 0 fully saturated rings. The van der Waals surface area contributed by atoms with Crippen molar-refractivity contribution >= 4 is 11.9 Å². The van der Waals surface area contributed by atoms with Crippen LogP contribution < -0.4 is 11.1 Å². The highest BCUT2D eigenvalue weighted by Crippen LogP contribution is 1.97. The van der Waals surface area contributed by atoms with Crippen LogP contribution in [-0.2, 0) is 4.79 Å². The molecule has 0 aromatic carbocycles. The molecule has 1 rings (SSSR count). The maximum atomic E-state index is 11.3. The molecule has 4 N–H and O–H groups in total. The number of carbonyl (C=O) groups excluding carboxylic acids is 1. The second-order valence-electron chi connectivity index (χ2n) is 2.56. The molecular formula is C8H12N4O. The summed E-state index contributed by atoms with van der Waals surface area (Å²) in [7, 11) is 0. The lowest BCUT2D eigenvalue weighted by atomic mass is 10.2. The number of hydrogen-bond donors (Lipinski definition) is 3. The van der Waals surface area contributed by atoms with E-state index in [0.717, 1.165) is 0 Å². The molecule has 0 saturated carbocycles. The predicted molar refractivity (Wildman–Crippen MR) is 50.0 cm³/mol. The number of nitrogens with one attached hydrogen (secondary N) is 2. The smallest absolute Gasteiger partial charge is 0.243 e. The predicted octanol–water partition coefficient (Wildman–Crippen LogP) is 0.252. The molecule has 1 heterocycles. The molecule has 1 unspecified atom stereocenters. The van der Waals surface area contributed by atoms with Gasteiger partial charge in [-0.1, -0.05) is 6.08 Å². The third kappa shape index (κ3) is 2.72. The molecule has 0 aliphatic heterocycles. The standard InChI is InChI=1S/C8H12N4O/c1-2-3-6(9)7(13)12-8-10-4-5-11-8/h2,4-6H,1,3,9H2,(H2,10,11,12,13). The van der Waals surface area contributed by atoms with Gasteiger partial charge in [-0.25, -0.2) is 4.98 Å². The summed E-state index contributed by atoms with van der Waals surface area (Å²) >= 11 is 0. The van der Waals surface area contributed by atoms with Gasteiger partial charge >= 0.3 is 0 Å². The maximum Gasteiger partial charge on any atom is 0.243 e. The zero-order chi connectivity index (χ0) is 9.68. The zero-order valence-electron chi connectivity index (χ0n) is 7.16. The third-order valence-corrected chi connectivity index (χ3v) is 1.50. The van der Waals surface area contributed by atoms with E-state index in [4.69, 9.17) is 5.73 Å². The van der Waals surface area contributed by atoms with Crippen LogP contribution >= 0.6 is 0 Å². The number of nitrogens with zero attached hydrogens (tertiary/aromatic N) is 1. The fraction of sp³-hybridized carbons (Fsp3) is 0.250. The van der Waals surface area contributed by atoms with Gasteiger partial charge in [0.25, 0.3) is 0 Å². The number of anilines is 1. The van der Waals surface area contributed by atoms with Gasteiger partial charge in [-0.2, -0.15) is 0 Å². The van der Waals surface area contributed by atoms with E-state index in [1.54, 1.807) is 18.5 Å². The minimum absolute atomic E-state index is 0.269. The molecule has 0 spiro atoms. The van der Waals surface area contributed by atoms with Crippen molar-refractivity contribution in [2.24, 2.45) is 5.73 Å². The van der Waals surface area contributed by atoms with Crippen molar-refractivity contribution < 1.29 is 4.79 Å². The lowest BCUT2D eigenvalue weighted by Gasteiger charge is -2.07. The van der Waals surface area contributed by atoms with Gasteiger partial charge in [0, 0.05) is 12.4 Å². The van der Waals surface area contributed by atoms with Crippen LogP contribution in [0, 0.1) is 0 Å². The Kier molecular flexibility index (Phi) is 3.22. The van der Waals surface area contributed by atoms with Crippen molar-refractivity contribution in [3.63, 3.8) is 0 Å². The summed E-state index contributed by atoms with van der Waals surface area (Å²) in [5.74, 6) is 0.138. The minimum Gasteiger partial charge on any atom is -0.331 e. The van der Waals surface area contributed by atoms with E-state index < -0.39 is 6.04 Å². The van der Waals surface area contributed by atoms with Crippen LogP contribution in [0.25, 0.3) is 0 Å². The number of rotatable bonds is 4. The van der Waals surface area contributed by atoms with Crippen LogP contribution in [0.2, 0.25) is 0 Å². The van der Waals surface area contributed by atoms with E-state index in [1.807, 2.05) is 0 Å². The number of hydrogen-bond acceptors (Lipinski definition) is 3. The quantitative estimate of drug-likeness (QED) is 0.581. The Morgan fingerprint density at radius 3 is 3.23 bits per heavy atom. The Balaban J connectivity index is 2.45. The molecule has 0 aliphatic rings.